The number of allylic oxidation sites excluding steroid dienone is 2. The van der Waals surface area contributed by atoms with Crippen LogP contribution in [0.4, 0.5) is 65.9 Å². The second kappa shape index (κ2) is 9.28. The molecule has 0 N–H and O–H groups in total. The van der Waals surface area contributed by atoms with E-state index in [9.17, 15) is 65.9 Å². The second-order valence-corrected chi connectivity index (χ2v) is 6.60. The van der Waals surface area contributed by atoms with E-state index in [1.807, 2.05) is 6.92 Å². The fourth-order valence-electron chi connectivity index (χ4n) is 2.17. The number of hydrogen-bond donors (Lipinski definition) is 0. The summed E-state index contributed by atoms with van der Waals surface area (Å²) < 4.78 is 195. The Kier molecular flexibility index (Phi) is 8.89. The van der Waals surface area contributed by atoms with Crippen LogP contribution in [0.1, 0.15) is 45.4 Å². The molecule has 0 aliphatic carbocycles. The van der Waals surface area contributed by atoms with Gasteiger partial charge in [0.05, 0.1) is 0 Å². The van der Waals surface area contributed by atoms with Gasteiger partial charge in [0.25, 0.3) is 0 Å². The first-order chi connectivity index (χ1) is 13.6. The van der Waals surface area contributed by atoms with Gasteiger partial charge < -0.3 is 0 Å². The Labute approximate surface area is 166 Å². The highest BCUT2D eigenvalue weighted by Crippen LogP contribution is 2.62. The van der Waals surface area contributed by atoms with Gasteiger partial charge in [0.2, 0.25) is 0 Å². The summed E-state index contributed by atoms with van der Waals surface area (Å²) in [5.74, 6) is -46.0. The smallest absolute Gasteiger partial charge is 0.199 e. The predicted molar refractivity (Wildman–Crippen MR) is 78.3 cm³/mol. The third kappa shape index (κ3) is 5.20. The molecule has 15 heteroatoms. The fourth-order valence-corrected chi connectivity index (χ4v) is 2.17. The molecule has 0 fully saturated rings. The zero-order valence-corrected chi connectivity index (χ0v) is 15.6. The quantitative estimate of drug-likeness (QED) is 0.146. The standard InChI is InChI=1S/C16H17F15/c1-2-3-4-5-6-7-8-9-10(17,18)11(19,20)12(21,22)13(23,24)14(25,26)15(27,28)16(29,30)31/h7-8H,2-6,9H2,1H3. The van der Waals surface area contributed by atoms with Crippen molar-refractivity contribution in [3.05, 3.63) is 12.2 Å². The molecule has 0 aliphatic heterocycles. The van der Waals surface area contributed by atoms with E-state index in [-0.39, 0.29) is 12.5 Å². The third-order valence-corrected chi connectivity index (χ3v) is 4.16. The summed E-state index contributed by atoms with van der Waals surface area (Å²) in [7, 11) is 0. The summed E-state index contributed by atoms with van der Waals surface area (Å²) >= 11 is 0. The molecule has 0 saturated carbocycles. The van der Waals surface area contributed by atoms with Gasteiger partial charge in [0.1, 0.15) is 0 Å². The zero-order valence-electron chi connectivity index (χ0n) is 15.6. The Balaban J connectivity index is 5.86. The number of rotatable bonds is 12. The van der Waals surface area contributed by atoms with Gasteiger partial charge in [-0.25, -0.2) is 0 Å². The summed E-state index contributed by atoms with van der Waals surface area (Å²) in [6, 6.07) is 0. The van der Waals surface area contributed by atoms with Crippen molar-refractivity contribution in [3.8, 4) is 0 Å². The molecule has 0 amide bonds. The first kappa shape index (κ1) is 29.7. The second-order valence-electron chi connectivity index (χ2n) is 6.60. The topological polar surface area (TPSA) is 0 Å². The van der Waals surface area contributed by atoms with E-state index in [1.54, 1.807) is 0 Å². The first-order valence-electron chi connectivity index (χ1n) is 8.55. The molecule has 0 rings (SSSR count). The molecule has 0 aliphatic rings. The van der Waals surface area contributed by atoms with Crippen LogP contribution in [0.2, 0.25) is 0 Å². The summed E-state index contributed by atoms with van der Waals surface area (Å²) in [5, 5.41) is 0. The van der Waals surface area contributed by atoms with E-state index in [2.05, 4.69) is 0 Å². The Hall–Kier alpha value is -1.31. The largest absolute Gasteiger partial charge is 0.460 e. The van der Waals surface area contributed by atoms with E-state index < -0.39 is 48.1 Å². The molecule has 186 valence electrons. The summed E-state index contributed by atoms with van der Waals surface area (Å²) in [5.41, 5.74) is 0. The SMILES string of the molecule is CCCCCCC=CCC(F)(F)C(F)(F)C(F)(F)C(F)(F)C(F)(F)C(F)(F)C(F)(F)F. The van der Waals surface area contributed by atoms with E-state index in [0.717, 1.165) is 12.5 Å². The predicted octanol–water partition coefficient (Wildman–Crippen LogP) is 8.28. The van der Waals surface area contributed by atoms with Gasteiger partial charge >= 0.3 is 41.7 Å². The highest BCUT2D eigenvalue weighted by molar-refractivity contribution is 5.13. The van der Waals surface area contributed by atoms with Crippen LogP contribution >= 0.6 is 0 Å². The lowest BCUT2D eigenvalue weighted by Gasteiger charge is -2.41. The lowest BCUT2D eigenvalue weighted by molar-refractivity contribution is -0.452. The zero-order chi connectivity index (χ0) is 25.2. The van der Waals surface area contributed by atoms with Gasteiger partial charge in [-0.1, -0.05) is 38.3 Å². The van der Waals surface area contributed by atoms with Gasteiger partial charge in [-0.2, -0.15) is 65.9 Å². The number of unbranched alkanes of at least 4 members (excludes halogenated alkanes) is 4. The van der Waals surface area contributed by atoms with Gasteiger partial charge in [-0.3, -0.25) is 0 Å². The molecule has 0 atom stereocenters. The van der Waals surface area contributed by atoms with Gasteiger partial charge in [0.15, 0.2) is 0 Å². The summed E-state index contributed by atoms with van der Waals surface area (Å²) in [4.78, 5) is 0. The third-order valence-electron chi connectivity index (χ3n) is 4.16. The molecule has 0 unspecified atom stereocenters. The Morgan fingerprint density at radius 1 is 0.484 bits per heavy atom. The van der Waals surface area contributed by atoms with Crippen molar-refractivity contribution < 1.29 is 65.9 Å². The van der Waals surface area contributed by atoms with Crippen LogP contribution in [0, 0.1) is 0 Å². The van der Waals surface area contributed by atoms with Crippen LogP contribution in [0.15, 0.2) is 12.2 Å². The first-order valence-corrected chi connectivity index (χ1v) is 8.55. The molecule has 0 heterocycles. The van der Waals surface area contributed by atoms with Crippen molar-refractivity contribution in [1.29, 1.82) is 0 Å². The minimum Gasteiger partial charge on any atom is -0.199 e. The number of hydrogen-bond acceptors (Lipinski definition) is 0. The minimum atomic E-state index is -8.23. The molecule has 31 heavy (non-hydrogen) atoms. The van der Waals surface area contributed by atoms with Crippen LogP contribution < -0.4 is 0 Å². The van der Waals surface area contributed by atoms with Crippen LogP contribution in [0.5, 0.6) is 0 Å². The Morgan fingerprint density at radius 2 is 0.903 bits per heavy atom. The monoisotopic (exact) mass is 494 g/mol. The molecule has 0 radical (unpaired) electrons. The molecule has 0 nitrogen and oxygen atoms in total. The molecule has 0 spiro atoms. The van der Waals surface area contributed by atoms with Gasteiger partial charge in [-0.15, -0.1) is 0 Å². The fraction of sp³-hybridized carbons (Fsp3) is 0.875. The normalized spacial score (nSPS) is 15.7. The lowest BCUT2D eigenvalue weighted by atomic mass is 9.90. The van der Waals surface area contributed by atoms with Crippen molar-refractivity contribution in [3.63, 3.8) is 0 Å². The van der Waals surface area contributed by atoms with Gasteiger partial charge in [-0.05, 0) is 12.8 Å². The van der Waals surface area contributed by atoms with Crippen molar-refractivity contribution in [2.75, 3.05) is 0 Å². The Bertz CT molecular complexity index is 601. The maximum absolute atomic E-state index is 13.5. The van der Waals surface area contributed by atoms with Crippen molar-refractivity contribution in [1.82, 2.24) is 0 Å². The molecule has 0 aromatic heterocycles. The van der Waals surface area contributed by atoms with Gasteiger partial charge in [0, 0.05) is 6.42 Å². The molecule has 0 bridgehead atoms. The average Bonchev–Trinajstić information content (AvgIpc) is 2.59. The van der Waals surface area contributed by atoms with Crippen molar-refractivity contribution in [2.24, 2.45) is 0 Å². The Morgan fingerprint density at radius 3 is 1.32 bits per heavy atom. The highest BCUT2D eigenvalue weighted by atomic mass is 19.4. The van der Waals surface area contributed by atoms with E-state index in [0.29, 0.717) is 19.3 Å². The van der Waals surface area contributed by atoms with Crippen LogP contribution in [0.25, 0.3) is 0 Å². The van der Waals surface area contributed by atoms with Crippen LogP contribution in [-0.4, -0.2) is 41.7 Å². The highest BCUT2D eigenvalue weighted by Gasteiger charge is 2.93. The minimum absolute atomic E-state index is 0.0237. The molecular formula is C16H17F15. The molecule has 0 aromatic rings. The molecule has 0 saturated heterocycles. The van der Waals surface area contributed by atoms with Crippen LogP contribution in [-0.2, 0) is 0 Å². The average molecular weight is 494 g/mol. The molecule has 0 aromatic carbocycles. The summed E-state index contributed by atoms with van der Waals surface area (Å²) in [6.45, 7) is 1.81. The van der Waals surface area contributed by atoms with E-state index in [1.165, 1.54) is 0 Å². The maximum atomic E-state index is 13.5. The van der Waals surface area contributed by atoms with E-state index >= 15 is 0 Å². The number of alkyl halides is 15. The molecular weight excluding hydrogens is 477 g/mol. The lowest BCUT2D eigenvalue weighted by Crippen LogP contribution is -2.72. The van der Waals surface area contributed by atoms with E-state index in [4.69, 9.17) is 0 Å². The van der Waals surface area contributed by atoms with Crippen LogP contribution in [0.3, 0.4) is 0 Å². The maximum Gasteiger partial charge on any atom is 0.460 e. The van der Waals surface area contributed by atoms with Crippen molar-refractivity contribution >= 4 is 0 Å². The number of halogens is 15. The van der Waals surface area contributed by atoms with Crippen molar-refractivity contribution in [2.45, 2.75) is 87.2 Å². The summed E-state index contributed by atoms with van der Waals surface area (Å²) in [6.07, 6.45) is -6.70.